The molecule has 0 aliphatic carbocycles. The lowest BCUT2D eigenvalue weighted by Gasteiger charge is -2.34. The van der Waals surface area contributed by atoms with Crippen LogP contribution in [0, 0.1) is 0 Å². The first-order valence-corrected chi connectivity index (χ1v) is 8.14. The number of rotatable bonds is 1. The molecule has 1 heterocycles. The molecule has 1 N–H and O–H groups in total. The molecule has 94 valence electrons. The lowest BCUT2D eigenvalue weighted by molar-refractivity contribution is 0.427. The fourth-order valence-corrected chi connectivity index (χ4v) is 4.43. The lowest BCUT2D eigenvalue weighted by atomic mass is 10.0. The number of halogens is 1. The highest BCUT2D eigenvalue weighted by Crippen LogP contribution is 2.29. The van der Waals surface area contributed by atoms with E-state index in [2.05, 4.69) is 21.2 Å². The maximum Gasteiger partial charge on any atom is 0.156 e. The van der Waals surface area contributed by atoms with E-state index < -0.39 is 9.84 Å². The summed E-state index contributed by atoms with van der Waals surface area (Å²) in [5.41, 5.74) is 1.02. The minimum Gasteiger partial charge on any atom is -0.305 e. The number of nitrogens with one attached hydrogen (secondary N) is 1. The molecule has 3 unspecified atom stereocenters. The second-order valence-corrected chi connectivity index (χ2v) is 7.95. The van der Waals surface area contributed by atoms with Gasteiger partial charge < -0.3 is 5.32 Å². The smallest absolute Gasteiger partial charge is 0.156 e. The Morgan fingerprint density at radius 3 is 2.71 bits per heavy atom. The molecule has 1 aromatic rings. The van der Waals surface area contributed by atoms with E-state index in [1.807, 2.05) is 31.2 Å². The fourth-order valence-electron chi connectivity index (χ4n) is 2.27. The summed E-state index contributed by atoms with van der Waals surface area (Å²) in [5, 5.41) is 2.98. The van der Waals surface area contributed by atoms with E-state index in [1.54, 1.807) is 6.92 Å². The van der Waals surface area contributed by atoms with Gasteiger partial charge >= 0.3 is 0 Å². The number of sulfone groups is 1. The number of hydrogen-bond donors (Lipinski definition) is 1. The first kappa shape index (κ1) is 13.1. The molecule has 1 aromatic carbocycles. The zero-order valence-corrected chi connectivity index (χ0v) is 12.3. The average molecular weight is 318 g/mol. The van der Waals surface area contributed by atoms with Crippen molar-refractivity contribution in [1.82, 2.24) is 5.32 Å². The molecule has 0 radical (unpaired) electrons. The zero-order chi connectivity index (χ0) is 12.6. The van der Waals surface area contributed by atoms with Crippen LogP contribution in [0.4, 0.5) is 0 Å². The van der Waals surface area contributed by atoms with E-state index in [9.17, 15) is 8.42 Å². The van der Waals surface area contributed by atoms with Gasteiger partial charge in [0.1, 0.15) is 0 Å². The molecule has 0 spiro atoms. The molecule has 5 heteroatoms. The van der Waals surface area contributed by atoms with Gasteiger partial charge in [-0.05, 0) is 31.5 Å². The second kappa shape index (κ2) is 4.71. The van der Waals surface area contributed by atoms with Crippen molar-refractivity contribution in [3.8, 4) is 0 Å². The molecule has 1 fully saturated rings. The molecule has 1 saturated heterocycles. The maximum atomic E-state index is 12.0. The Hall–Kier alpha value is -0.390. The summed E-state index contributed by atoms with van der Waals surface area (Å²) in [7, 11) is -3.00. The molecule has 0 aromatic heterocycles. The maximum absolute atomic E-state index is 12.0. The van der Waals surface area contributed by atoms with E-state index in [1.165, 1.54) is 0 Å². The molecular weight excluding hydrogens is 302 g/mol. The minimum atomic E-state index is -3.00. The van der Waals surface area contributed by atoms with Gasteiger partial charge in [-0.2, -0.15) is 0 Å². The molecule has 17 heavy (non-hydrogen) atoms. The van der Waals surface area contributed by atoms with Crippen LogP contribution in [0.1, 0.15) is 25.5 Å². The van der Waals surface area contributed by atoms with E-state index in [0.717, 1.165) is 10.0 Å². The van der Waals surface area contributed by atoms with E-state index in [0.29, 0.717) is 0 Å². The standard InChI is InChI=1S/C12H16BrNO2S/c1-8-7-17(15,16)9(2)12(14-8)10-4-3-5-11(13)6-10/h3-6,8-9,12,14H,7H2,1-2H3. The molecule has 3 nitrogen and oxygen atoms in total. The Kier molecular flexibility index (Phi) is 3.61. The highest BCUT2D eigenvalue weighted by atomic mass is 79.9. The molecular formula is C12H16BrNO2S. The topological polar surface area (TPSA) is 46.2 Å². The number of hydrogen-bond acceptors (Lipinski definition) is 3. The van der Waals surface area contributed by atoms with Crippen molar-refractivity contribution in [3.63, 3.8) is 0 Å². The Balaban J connectivity index is 2.38. The van der Waals surface area contributed by atoms with Gasteiger partial charge in [-0.3, -0.25) is 0 Å². The monoisotopic (exact) mass is 317 g/mol. The van der Waals surface area contributed by atoms with E-state index >= 15 is 0 Å². The zero-order valence-electron chi connectivity index (χ0n) is 9.85. The quantitative estimate of drug-likeness (QED) is 0.864. The van der Waals surface area contributed by atoms with Crippen LogP contribution in [0.15, 0.2) is 28.7 Å². The molecule has 1 aliphatic rings. The Morgan fingerprint density at radius 2 is 2.06 bits per heavy atom. The summed E-state index contributed by atoms with van der Waals surface area (Å²) < 4.78 is 25.0. The van der Waals surface area contributed by atoms with Crippen molar-refractivity contribution in [2.45, 2.75) is 31.2 Å². The van der Waals surface area contributed by atoms with Crippen LogP contribution < -0.4 is 5.32 Å². The largest absolute Gasteiger partial charge is 0.305 e. The van der Waals surface area contributed by atoms with Crippen LogP contribution >= 0.6 is 15.9 Å². The van der Waals surface area contributed by atoms with Gasteiger partial charge in [-0.1, -0.05) is 28.1 Å². The summed E-state index contributed by atoms with van der Waals surface area (Å²) >= 11 is 3.42. The summed E-state index contributed by atoms with van der Waals surface area (Å²) in [5.74, 6) is 0.221. The summed E-state index contributed by atoms with van der Waals surface area (Å²) in [6.07, 6.45) is 0. The van der Waals surface area contributed by atoms with Gasteiger partial charge in [-0.25, -0.2) is 8.42 Å². The third-order valence-electron chi connectivity index (χ3n) is 3.19. The van der Waals surface area contributed by atoms with Gasteiger partial charge in [-0.15, -0.1) is 0 Å². The molecule has 3 atom stereocenters. The lowest BCUT2D eigenvalue weighted by Crippen LogP contribution is -2.50. The molecule has 0 saturated carbocycles. The predicted octanol–water partition coefficient (Wildman–Crippen LogP) is 2.29. The van der Waals surface area contributed by atoms with Crippen LogP contribution in [-0.2, 0) is 9.84 Å². The first-order valence-electron chi connectivity index (χ1n) is 5.63. The number of benzene rings is 1. The summed E-state index contributed by atoms with van der Waals surface area (Å²) in [6.45, 7) is 3.69. The van der Waals surface area contributed by atoms with Crippen LogP contribution in [0.5, 0.6) is 0 Å². The molecule has 2 rings (SSSR count). The van der Waals surface area contributed by atoms with Crippen molar-refractivity contribution in [3.05, 3.63) is 34.3 Å². The minimum absolute atomic E-state index is 0.000168. The Morgan fingerprint density at radius 1 is 1.35 bits per heavy atom. The highest BCUT2D eigenvalue weighted by molar-refractivity contribution is 9.10. The van der Waals surface area contributed by atoms with Crippen molar-refractivity contribution in [2.24, 2.45) is 0 Å². The van der Waals surface area contributed by atoms with Crippen LogP contribution in [-0.4, -0.2) is 25.5 Å². The first-order chi connectivity index (χ1) is 7.90. The third-order valence-corrected chi connectivity index (χ3v) is 6.05. The van der Waals surface area contributed by atoms with Crippen molar-refractivity contribution in [1.29, 1.82) is 0 Å². The van der Waals surface area contributed by atoms with Crippen LogP contribution in [0.3, 0.4) is 0 Å². The highest BCUT2D eigenvalue weighted by Gasteiger charge is 2.37. The van der Waals surface area contributed by atoms with Gasteiger partial charge in [0.25, 0.3) is 0 Å². The van der Waals surface area contributed by atoms with Crippen LogP contribution in [0.2, 0.25) is 0 Å². The Bertz CT molecular complexity index is 515. The SMILES string of the molecule is CC1CS(=O)(=O)C(C)C(c2cccc(Br)c2)N1. The van der Waals surface area contributed by atoms with Gasteiger partial charge in [0.2, 0.25) is 0 Å². The normalized spacial score (nSPS) is 32.3. The van der Waals surface area contributed by atoms with Gasteiger partial charge in [0.15, 0.2) is 9.84 Å². The van der Waals surface area contributed by atoms with Gasteiger partial charge in [0, 0.05) is 16.6 Å². The summed E-state index contributed by atoms with van der Waals surface area (Å²) in [6, 6.07) is 7.68. The van der Waals surface area contributed by atoms with Crippen molar-refractivity contribution < 1.29 is 8.42 Å². The van der Waals surface area contributed by atoms with E-state index in [-0.39, 0.29) is 23.1 Å². The Labute approximate surface area is 111 Å². The molecule has 0 amide bonds. The van der Waals surface area contributed by atoms with Crippen molar-refractivity contribution in [2.75, 3.05) is 5.75 Å². The fraction of sp³-hybridized carbons (Fsp3) is 0.500. The summed E-state index contributed by atoms with van der Waals surface area (Å²) in [4.78, 5) is 0. The second-order valence-electron chi connectivity index (χ2n) is 4.64. The average Bonchev–Trinajstić information content (AvgIpc) is 2.22. The molecule has 1 aliphatic heterocycles. The molecule has 0 bridgehead atoms. The van der Waals surface area contributed by atoms with Crippen molar-refractivity contribution >= 4 is 25.8 Å². The van der Waals surface area contributed by atoms with Crippen LogP contribution in [0.25, 0.3) is 0 Å². The van der Waals surface area contributed by atoms with E-state index in [4.69, 9.17) is 0 Å². The third kappa shape index (κ3) is 2.72. The van der Waals surface area contributed by atoms with Gasteiger partial charge in [0.05, 0.1) is 11.0 Å². The predicted molar refractivity (Wildman–Crippen MR) is 72.7 cm³/mol.